The highest BCUT2D eigenvalue weighted by Crippen LogP contribution is 2.28. The molecule has 0 amide bonds. The molecule has 9 heteroatoms. The Balaban J connectivity index is 2.33. The van der Waals surface area contributed by atoms with Crippen molar-refractivity contribution < 1.29 is 22.7 Å². The van der Waals surface area contributed by atoms with Crippen molar-refractivity contribution in [2.75, 3.05) is 6.61 Å². The topological polar surface area (TPSA) is 69.9 Å². The number of pyridine rings is 1. The lowest BCUT2D eigenvalue weighted by atomic mass is 10.2. The van der Waals surface area contributed by atoms with E-state index >= 15 is 0 Å². The van der Waals surface area contributed by atoms with Gasteiger partial charge in [0.25, 0.3) is 0 Å². The number of nitrogens with zero attached hydrogens (tertiary/aromatic N) is 4. The number of hydrogen-bond acceptors (Lipinski definition) is 5. The summed E-state index contributed by atoms with van der Waals surface area (Å²) in [5, 5.41) is 7.36. The van der Waals surface area contributed by atoms with Gasteiger partial charge in [0.1, 0.15) is 0 Å². The lowest BCUT2D eigenvalue weighted by molar-refractivity contribution is -0.137. The van der Waals surface area contributed by atoms with Gasteiger partial charge >= 0.3 is 12.1 Å². The molecule has 0 saturated heterocycles. The quantitative estimate of drug-likeness (QED) is 0.812. The van der Waals surface area contributed by atoms with Crippen LogP contribution in [0.5, 0.6) is 0 Å². The van der Waals surface area contributed by atoms with E-state index in [-0.39, 0.29) is 18.1 Å². The van der Waals surface area contributed by atoms with Crippen molar-refractivity contribution in [1.29, 1.82) is 0 Å². The highest BCUT2D eigenvalue weighted by Gasteiger charge is 2.31. The van der Waals surface area contributed by atoms with Crippen LogP contribution in [0, 0.1) is 6.92 Å². The number of carbonyl (C=O) groups is 1. The van der Waals surface area contributed by atoms with Gasteiger partial charge in [-0.2, -0.15) is 17.9 Å². The van der Waals surface area contributed by atoms with Crippen LogP contribution in [0.4, 0.5) is 13.2 Å². The van der Waals surface area contributed by atoms with Gasteiger partial charge < -0.3 is 4.74 Å². The Bertz CT molecular complexity index is 650. The van der Waals surface area contributed by atoms with Crippen LogP contribution in [0.25, 0.3) is 5.82 Å². The van der Waals surface area contributed by atoms with Crippen LogP contribution in [-0.4, -0.2) is 32.6 Å². The number of halogens is 3. The molecule has 0 aromatic carbocycles. The van der Waals surface area contributed by atoms with Crippen LogP contribution >= 0.6 is 0 Å². The number of alkyl halides is 3. The SMILES string of the molecule is CCOC(=O)c1nnn(-c2ccc(C(F)(F)F)cn2)c1C. The number of aromatic nitrogens is 4. The molecule has 0 fully saturated rings. The molecule has 6 nitrogen and oxygen atoms in total. The minimum Gasteiger partial charge on any atom is -0.461 e. The Labute approximate surface area is 117 Å². The first kappa shape index (κ1) is 14.9. The summed E-state index contributed by atoms with van der Waals surface area (Å²) in [6.45, 7) is 3.38. The predicted molar refractivity (Wildman–Crippen MR) is 64.8 cm³/mol. The van der Waals surface area contributed by atoms with E-state index in [9.17, 15) is 18.0 Å². The number of hydrogen-bond donors (Lipinski definition) is 0. The first-order valence-electron chi connectivity index (χ1n) is 5.97. The summed E-state index contributed by atoms with van der Waals surface area (Å²) in [4.78, 5) is 15.3. The average Bonchev–Trinajstić information content (AvgIpc) is 2.80. The first-order valence-corrected chi connectivity index (χ1v) is 5.97. The normalized spacial score (nSPS) is 11.5. The predicted octanol–water partition coefficient (Wildman–Crippen LogP) is 2.17. The van der Waals surface area contributed by atoms with E-state index in [4.69, 9.17) is 4.74 Å². The van der Waals surface area contributed by atoms with Gasteiger partial charge in [0.15, 0.2) is 11.5 Å². The first-order chi connectivity index (χ1) is 9.84. The van der Waals surface area contributed by atoms with Crippen molar-refractivity contribution in [3.05, 3.63) is 35.3 Å². The second-order valence-corrected chi connectivity index (χ2v) is 4.06. The molecule has 0 bridgehead atoms. The van der Waals surface area contributed by atoms with Crippen molar-refractivity contribution >= 4 is 5.97 Å². The van der Waals surface area contributed by atoms with E-state index in [1.54, 1.807) is 13.8 Å². The molecule has 0 spiro atoms. The molecule has 0 N–H and O–H groups in total. The van der Waals surface area contributed by atoms with Crippen LogP contribution in [0.15, 0.2) is 18.3 Å². The van der Waals surface area contributed by atoms with Gasteiger partial charge in [-0.3, -0.25) is 0 Å². The summed E-state index contributed by atoms with van der Waals surface area (Å²) in [7, 11) is 0. The molecule has 0 saturated carbocycles. The fraction of sp³-hybridized carbons (Fsp3) is 0.333. The van der Waals surface area contributed by atoms with Crippen molar-refractivity contribution in [3.8, 4) is 5.82 Å². The van der Waals surface area contributed by atoms with Gasteiger partial charge in [-0.05, 0) is 26.0 Å². The molecule has 0 aliphatic rings. The van der Waals surface area contributed by atoms with E-state index in [1.807, 2.05) is 0 Å². The zero-order valence-corrected chi connectivity index (χ0v) is 11.2. The Kier molecular flexibility index (Phi) is 3.92. The van der Waals surface area contributed by atoms with E-state index in [0.717, 1.165) is 12.1 Å². The number of rotatable bonds is 3. The maximum atomic E-state index is 12.5. The number of carbonyl (C=O) groups excluding carboxylic acids is 1. The second kappa shape index (κ2) is 5.51. The lowest BCUT2D eigenvalue weighted by Gasteiger charge is -2.07. The Morgan fingerprint density at radius 3 is 2.62 bits per heavy atom. The van der Waals surface area contributed by atoms with Crippen molar-refractivity contribution in [3.63, 3.8) is 0 Å². The Hall–Kier alpha value is -2.45. The van der Waals surface area contributed by atoms with Gasteiger partial charge in [-0.15, -0.1) is 5.10 Å². The molecule has 2 rings (SSSR count). The minimum absolute atomic E-state index is 0.00134. The third-order valence-corrected chi connectivity index (χ3v) is 2.66. The van der Waals surface area contributed by atoms with Crippen molar-refractivity contribution in [2.24, 2.45) is 0 Å². The highest BCUT2D eigenvalue weighted by molar-refractivity contribution is 5.88. The largest absolute Gasteiger partial charge is 0.461 e. The molecular formula is C12H11F3N4O2. The fourth-order valence-electron chi connectivity index (χ4n) is 1.61. The molecule has 0 unspecified atom stereocenters. The Morgan fingerprint density at radius 1 is 1.38 bits per heavy atom. The minimum atomic E-state index is -4.46. The standard InChI is InChI=1S/C12H11F3N4O2/c1-3-21-11(20)10-7(2)19(18-17-10)9-5-4-8(6-16-9)12(13,14)15/h4-6H,3H2,1-2H3. The molecule has 0 aliphatic heterocycles. The molecule has 2 aromatic heterocycles. The third kappa shape index (κ3) is 3.01. The van der Waals surface area contributed by atoms with Gasteiger partial charge in [0, 0.05) is 6.20 Å². The average molecular weight is 300 g/mol. The maximum Gasteiger partial charge on any atom is 0.417 e. The van der Waals surface area contributed by atoms with Crippen molar-refractivity contribution in [2.45, 2.75) is 20.0 Å². The summed E-state index contributed by atoms with van der Waals surface area (Å²) in [5.74, 6) is -0.517. The van der Waals surface area contributed by atoms with Crippen LogP contribution in [0.1, 0.15) is 28.7 Å². The molecule has 21 heavy (non-hydrogen) atoms. The second-order valence-electron chi connectivity index (χ2n) is 4.06. The third-order valence-electron chi connectivity index (χ3n) is 2.66. The maximum absolute atomic E-state index is 12.5. The molecular weight excluding hydrogens is 289 g/mol. The molecule has 2 aromatic rings. The highest BCUT2D eigenvalue weighted by atomic mass is 19.4. The van der Waals surface area contributed by atoms with Crippen LogP contribution in [-0.2, 0) is 10.9 Å². The number of esters is 1. The lowest BCUT2D eigenvalue weighted by Crippen LogP contribution is -2.09. The summed E-state index contributed by atoms with van der Waals surface area (Å²) in [6, 6.07) is 2.03. The summed E-state index contributed by atoms with van der Waals surface area (Å²) in [6.07, 6.45) is -3.76. The molecule has 112 valence electrons. The summed E-state index contributed by atoms with van der Waals surface area (Å²) in [5.41, 5.74) is -0.533. The Morgan fingerprint density at radius 2 is 2.10 bits per heavy atom. The van der Waals surface area contributed by atoms with Crippen LogP contribution in [0.3, 0.4) is 0 Å². The van der Waals surface area contributed by atoms with Gasteiger partial charge in [0.05, 0.1) is 17.9 Å². The molecule has 0 aliphatic carbocycles. The molecule has 0 radical (unpaired) electrons. The molecule has 0 atom stereocenters. The monoisotopic (exact) mass is 300 g/mol. The fourth-order valence-corrected chi connectivity index (χ4v) is 1.61. The van der Waals surface area contributed by atoms with E-state index in [2.05, 4.69) is 15.3 Å². The van der Waals surface area contributed by atoms with E-state index in [1.165, 1.54) is 4.68 Å². The van der Waals surface area contributed by atoms with Crippen molar-refractivity contribution in [1.82, 2.24) is 20.0 Å². The van der Waals surface area contributed by atoms with Crippen LogP contribution in [0.2, 0.25) is 0 Å². The van der Waals surface area contributed by atoms with Crippen LogP contribution < -0.4 is 0 Å². The van der Waals surface area contributed by atoms with E-state index in [0.29, 0.717) is 11.9 Å². The number of ether oxygens (including phenoxy) is 1. The van der Waals surface area contributed by atoms with Gasteiger partial charge in [0.2, 0.25) is 0 Å². The molecule has 2 heterocycles. The smallest absolute Gasteiger partial charge is 0.417 e. The van der Waals surface area contributed by atoms with Gasteiger partial charge in [-0.1, -0.05) is 5.21 Å². The zero-order valence-electron chi connectivity index (χ0n) is 11.2. The zero-order chi connectivity index (χ0) is 15.6. The summed E-state index contributed by atoms with van der Waals surface area (Å²) >= 11 is 0. The van der Waals surface area contributed by atoms with Gasteiger partial charge in [-0.25, -0.2) is 9.78 Å². The summed E-state index contributed by atoms with van der Waals surface area (Å²) < 4.78 is 43.4. The van der Waals surface area contributed by atoms with E-state index < -0.39 is 17.7 Å².